The van der Waals surface area contributed by atoms with Crippen LogP contribution in [-0.4, -0.2) is 35.0 Å². The van der Waals surface area contributed by atoms with Gasteiger partial charge in [0.25, 0.3) is 11.8 Å². The Hall–Kier alpha value is -3.61. The van der Waals surface area contributed by atoms with Gasteiger partial charge in [-0.05, 0) is 69.5 Å². The van der Waals surface area contributed by atoms with Crippen LogP contribution in [0.15, 0.2) is 47.0 Å². The zero-order valence-corrected chi connectivity index (χ0v) is 18.6. The van der Waals surface area contributed by atoms with Gasteiger partial charge in [0.1, 0.15) is 18.1 Å². The number of nitrogens with one attached hydrogen (secondary N) is 1. The van der Waals surface area contributed by atoms with Gasteiger partial charge in [-0.3, -0.25) is 9.59 Å². The Morgan fingerprint density at radius 2 is 1.84 bits per heavy atom. The molecule has 2 heterocycles. The Morgan fingerprint density at radius 1 is 1.09 bits per heavy atom. The van der Waals surface area contributed by atoms with Crippen molar-refractivity contribution in [3.05, 3.63) is 76.2 Å². The summed E-state index contributed by atoms with van der Waals surface area (Å²) in [5.74, 6) is 1.05. The number of carbonyl (C=O) groups is 2. The third-order valence-electron chi connectivity index (χ3n) is 5.87. The van der Waals surface area contributed by atoms with Crippen molar-refractivity contribution in [1.29, 1.82) is 0 Å². The minimum atomic E-state index is -0.262. The Labute approximate surface area is 187 Å². The molecular formula is C25H27N3O4. The number of nitrogens with zero attached hydrogens (tertiary/aromatic N) is 2. The molecule has 0 unspecified atom stereocenters. The Morgan fingerprint density at radius 3 is 2.56 bits per heavy atom. The van der Waals surface area contributed by atoms with Gasteiger partial charge in [-0.1, -0.05) is 17.3 Å². The van der Waals surface area contributed by atoms with E-state index in [9.17, 15) is 9.59 Å². The maximum absolute atomic E-state index is 12.9. The molecule has 3 aromatic rings. The largest absolute Gasteiger partial charge is 0.489 e. The molecule has 7 nitrogen and oxygen atoms in total. The van der Waals surface area contributed by atoms with E-state index in [4.69, 9.17) is 9.26 Å². The van der Waals surface area contributed by atoms with Crippen LogP contribution in [0.4, 0.5) is 5.69 Å². The van der Waals surface area contributed by atoms with E-state index in [0.717, 1.165) is 48.5 Å². The zero-order chi connectivity index (χ0) is 22.7. The number of anilines is 1. The van der Waals surface area contributed by atoms with E-state index in [-0.39, 0.29) is 11.8 Å². The molecule has 166 valence electrons. The van der Waals surface area contributed by atoms with Crippen LogP contribution in [0.5, 0.6) is 5.75 Å². The molecule has 0 aliphatic carbocycles. The first-order valence-electron chi connectivity index (χ1n) is 10.8. The maximum atomic E-state index is 12.9. The van der Waals surface area contributed by atoms with Gasteiger partial charge in [0.2, 0.25) is 0 Å². The lowest BCUT2D eigenvalue weighted by Crippen LogP contribution is -2.28. The Balaban J connectivity index is 1.47. The minimum Gasteiger partial charge on any atom is -0.489 e. The summed E-state index contributed by atoms with van der Waals surface area (Å²) in [6, 6.07) is 12.4. The minimum absolute atomic E-state index is 0.0193. The van der Waals surface area contributed by atoms with Gasteiger partial charge >= 0.3 is 0 Å². The number of aromatic nitrogens is 1. The lowest BCUT2D eigenvalue weighted by Gasteiger charge is -2.18. The highest BCUT2D eigenvalue weighted by molar-refractivity contribution is 6.06. The molecule has 0 spiro atoms. The average Bonchev–Trinajstić information content (AvgIpc) is 3.44. The number of rotatable bonds is 6. The first kappa shape index (κ1) is 21.6. The van der Waals surface area contributed by atoms with Crippen molar-refractivity contribution in [3.8, 4) is 5.75 Å². The highest BCUT2D eigenvalue weighted by atomic mass is 16.5. The fraction of sp³-hybridized carbons (Fsp3) is 0.320. The molecule has 1 aromatic heterocycles. The van der Waals surface area contributed by atoms with Gasteiger partial charge in [-0.15, -0.1) is 0 Å². The number of hydrogen-bond acceptors (Lipinski definition) is 5. The Kier molecular flexibility index (Phi) is 6.25. The molecule has 2 amide bonds. The third-order valence-corrected chi connectivity index (χ3v) is 5.87. The second-order valence-electron chi connectivity index (χ2n) is 8.05. The van der Waals surface area contributed by atoms with E-state index in [2.05, 4.69) is 10.5 Å². The molecule has 2 aromatic carbocycles. The molecule has 0 radical (unpaired) electrons. The first-order valence-corrected chi connectivity index (χ1v) is 10.8. The normalized spacial score (nSPS) is 13.3. The predicted octanol–water partition coefficient (Wildman–Crippen LogP) is 4.67. The molecule has 1 aliphatic heterocycles. The number of aryl methyl sites for hydroxylation is 2. The molecular weight excluding hydrogens is 406 g/mol. The van der Waals surface area contributed by atoms with Gasteiger partial charge in [0, 0.05) is 29.9 Å². The van der Waals surface area contributed by atoms with Crippen molar-refractivity contribution in [2.24, 2.45) is 0 Å². The summed E-state index contributed by atoms with van der Waals surface area (Å²) in [5, 5.41) is 6.86. The van der Waals surface area contributed by atoms with Crippen molar-refractivity contribution in [2.75, 3.05) is 18.4 Å². The molecule has 0 bridgehead atoms. The first-order chi connectivity index (χ1) is 15.4. The molecule has 1 aliphatic rings. The van der Waals surface area contributed by atoms with Crippen molar-refractivity contribution in [3.63, 3.8) is 0 Å². The van der Waals surface area contributed by atoms with Crippen LogP contribution >= 0.6 is 0 Å². The highest BCUT2D eigenvalue weighted by Gasteiger charge is 2.22. The standard InChI is InChI=1S/C25H27N3O4/c1-16-21(25(30)28-12-4-5-13-28)10-7-11-23(16)26-24(29)19-8-6-9-20(14-19)31-15-22-17(2)27-32-18(22)3/h6-11,14H,4-5,12-13,15H2,1-3H3,(H,26,29). The van der Waals surface area contributed by atoms with Gasteiger partial charge in [0.15, 0.2) is 0 Å². The van der Waals surface area contributed by atoms with Crippen LogP contribution in [0.3, 0.4) is 0 Å². The summed E-state index contributed by atoms with van der Waals surface area (Å²) in [5.41, 5.74) is 4.18. The third kappa shape index (κ3) is 4.51. The van der Waals surface area contributed by atoms with E-state index in [1.165, 1.54) is 0 Å². The molecule has 32 heavy (non-hydrogen) atoms. The van der Waals surface area contributed by atoms with Crippen molar-refractivity contribution in [1.82, 2.24) is 10.1 Å². The molecule has 0 atom stereocenters. The fourth-order valence-corrected chi connectivity index (χ4v) is 3.88. The maximum Gasteiger partial charge on any atom is 0.255 e. The Bertz CT molecular complexity index is 1130. The monoisotopic (exact) mass is 433 g/mol. The molecule has 1 saturated heterocycles. The molecule has 4 rings (SSSR count). The van der Waals surface area contributed by atoms with Crippen LogP contribution in [0, 0.1) is 20.8 Å². The number of amides is 2. The topological polar surface area (TPSA) is 84.7 Å². The van der Waals surface area contributed by atoms with Crippen molar-refractivity contribution >= 4 is 17.5 Å². The number of likely N-dealkylation sites (tertiary alicyclic amines) is 1. The summed E-state index contributed by atoms with van der Waals surface area (Å²) < 4.78 is 11.0. The second-order valence-corrected chi connectivity index (χ2v) is 8.05. The summed E-state index contributed by atoms with van der Waals surface area (Å²) in [6.45, 7) is 7.46. The summed E-state index contributed by atoms with van der Waals surface area (Å²) in [7, 11) is 0. The van der Waals surface area contributed by atoms with E-state index >= 15 is 0 Å². The average molecular weight is 434 g/mol. The van der Waals surface area contributed by atoms with Gasteiger partial charge < -0.3 is 19.5 Å². The number of ether oxygens (including phenoxy) is 1. The molecule has 1 fully saturated rings. The fourth-order valence-electron chi connectivity index (χ4n) is 3.88. The van der Waals surface area contributed by atoms with Crippen LogP contribution in [0.25, 0.3) is 0 Å². The van der Waals surface area contributed by atoms with Gasteiger partial charge in [-0.25, -0.2) is 0 Å². The van der Waals surface area contributed by atoms with Gasteiger partial charge in [-0.2, -0.15) is 0 Å². The van der Waals surface area contributed by atoms with E-state index in [1.54, 1.807) is 30.3 Å². The molecule has 7 heteroatoms. The highest BCUT2D eigenvalue weighted by Crippen LogP contribution is 2.24. The van der Waals surface area contributed by atoms with Crippen molar-refractivity contribution in [2.45, 2.75) is 40.2 Å². The number of benzene rings is 2. The zero-order valence-electron chi connectivity index (χ0n) is 18.6. The SMILES string of the molecule is Cc1noc(C)c1COc1cccc(C(=O)Nc2cccc(C(=O)N3CCCC3)c2C)c1. The van der Waals surface area contributed by atoms with Crippen LogP contribution in [0.1, 0.15) is 56.1 Å². The summed E-state index contributed by atoms with van der Waals surface area (Å²) in [4.78, 5) is 27.6. The quantitative estimate of drug-likeness (QED) is 0.611. The molecule has 0 saturated carbocycles. The lowest BCUT2D eigenvalue weighted by molar-refractivity contribution is 0.0791. The summed E-state index contributed by atoms with van der Waals surface area (Å²) in [6.07, 6.45) is 2.08. The van der Waals surface area contributed by atoms with Crippen LogP contribution in [0.2, 0.25) is 0 Å². The van der Waals surface area contributed by atoms with Crippen molar-refractivity contribution < 1.29 is 18.8 Å². The van der Waals surface area contributed by atoms with E-state index in [0.29, 0.717) is 29.2 Å². The van der Waals surface area contributed by atoms with Gasteiger partial charge in [0.05, 0.1) is 11.3 Å². The summed E-state index contributed by atoms with van der Waals surface area (Å²) >= 11 is 0. The molecule has 1 N–H and O–H groups in total. The predicted molar refractivity (Wildman–Crippen MR) is 121 cm³/mol. The second kappa shape index (κ2) is 9.26. The van der Waals surface area contributed by atoms with Crippen LogP contribution < -0.4 is 10.1 Å². The smallest absolute Gasteiger partial charge is 0.255 e. The number of hydrogen-bond donors (Lipinski definition) is 1. The lowest BCUT2D eigenvalue weighted by atomic mass is 10.0. The number of carbonyl (C=O) groups excluding carboxylic acids is 2. The van der Waals surface area contributed by atoms with E-state index < -0.39 is 0 Å². The van der Waals surface area contributed by atoms with Crippen LogP contribution in [-0.2, 0) is 6.61 Å². The van der Waals surface area contributed by atoms with E-state index in [1.807, 2.05) is 37.8 Å².